The number of hydrogen-bond acceptors (Lipinski definition) is 2. The van der Waals surface area contributed by atoms with Crippen molar-refractivity contribution in [1.29, 1.82) is 0 Å². The number of hydrogen-bond donors (Lipinski definition) is 1. The van der Waals surface area contributed by atoms with Gasteiger partial charge in [-0.25, -0.2) is 0 Å². The average molecular weight is 374 g/mol. The van der Waals surface area contributed by atoms with Crippen molar-refractivity contribution in [1.82, 2.24) is 10.2 Å². The first kappa shape index (κ1) is 17.3. The third-order valence-corrected chi connectivity index (χ3v) is 5.16. The van der Waals surface area contributed by atoms with E-state index in [1.54, 1.807) is 0 Å². The van der Waals surface area contributed by atoms with Gasteiger partial charge < -0.3 is 5.32 Å². The standard InChI is InChI=1S/C17H26BrClN2/c1-12(2)20-11-13-6-4-5-9-21(3)17(13)15-10-14(18)7-8-16(15)19/h7-8,10,12-13,17,20H,4-6,9,11H2,1-3H3. The molecular weight excluding hydrogens is 348 g/mol. The molecule has 118 valence electrons. The molecule has 4 heteroatoms. The summed E-state index contributed by atoms with van der Waals surface area (Å²) in [7, 11) is 2.23. The van der Waals surface area contributed by atoms with Gasteiger partial charge in [0, 0.05) is 28.1 Å². The van der Waals surface area contributed by atoms with E-state index in [1.165, 1.54) is 24.8 Å². The number of halogens is 2. The number of nitrogens with zero attached hydrogens (tertiary/aromatic N) is 1. The second kappa shape index (κ2) is 7.96. The summed E-state index contributed by atoms with van der Waals surface area (Å²) in [6.45, 7) is 6.62. The van der Waals surface area contributed by atoms with Crippen LogP contribution in [0.2, 0.25) is 5.02 Å². The molecule has 1 saturated heterocycles. The summed E-state index contributed by atoms with van der Waals surface area (Å²) >= 11 is 10.1. The molecule has 2 atom stereocenters. The van der Waals surface area contributed by atoms with E-state index in [9.17, 15) is 0 Å². The molecule has 1 N–H and O–H groups in total. The average Bonchev–Trinajstić information content (AvgIpc) is 2.61. The quantitative estimate of drug-likeness (QED) is 0.809. The first-order valence-electron chi connectivity index (χ1n) is 7.87. The Morgan fingerprint density at radius 2 is 2.14 bits per heavy atom. The molecule has 0 saturated carbocycles. The van der Waals surface area contributed by atoms with Gasteiger partial charge in [0.2, 0.25) is 0 Å². The number of likely N-dealkylation sites (tertiary alicyclic amines) is 1. The highest BCUT2D eigenvalue weighted by atomic mass is 79.9. The molecule has 0 spiro atoms. The Bertz CT molecular complexity index is 464. The van der Waals surface area contributed by atoms with Crippen molar-refractivity contribution in [3.63, 3.8) is 0 Å². The highest BCUT2D eigenvalue weighted by Crippen LogP contribution is 2.38. The van der Waals surface area contributed by atoms with Crippen LogP contribution in [0.4, 0.5) is 0 Å². The predicted octanol–water partition coefficient (Wildman–Crippen LogP) is 4.87. The van der Waals surface area contributed by atoms with Crippen LogP contribution < -0.4 is 5.32 Å². The lowest BCUT2D eigenvalue weighted by Crippen LogP contribution is -2.37. The zero-order valence-corrected chi connectivity index (χ0v) is 15.5. The van der Waals surface area contributed by atoms with Gasteiger partial charge in [0.25, 0.3) is 0 Å². The molecule has 2 unspecified atom stereocenters. The molecule has 0 aromatic heterocycles. The van der Waals surface area contributed by atoms with Gasteiger partial charge in [-0.15, -0.1) is 0 Å². The molecule has 0 bridgehead atoms. The molecular formula is C17H26BrClN2. The smallest absolute Gasteiger partial charge is 0.0454 e. The first-order valence-corrected chi connectivity index (χ1v) is 9.04. The maximum Gasteiger partial charge on any atom is 0.0454 e. The van der Waals surface area contributed by atoms with Crippen LogP contribution in [-0.4, -0.2) is 31.1 Å². The molecule has 0 amide bonds. The van der Waals surface area contributed by atoms with E-state index in [2.05, 4.69) is 53.1 Å². The van der Waals surface area contributed by atoms with E-state index in [-0.39, 0.29) is 0 Å². The van der Waals surface area contributed by atoms with Crippen molar-refractivity contribution in [2.24, 2.45) is 5.92 Å². The Balaban J connectivity index is 2.29. The predicted molar refractivity (Wildman–Crippen MR) is 95.0 cm³/mol. The Kier molecular flexibility index (Phi) is 6.54. The molecule has 0 aliphatic carbocycles. The summed E-state index contributed by atoms with van der Waals surface area (Å²) in [5.74, 6) is 0.603. The molecule has 1 fully saturated rings. The van der Waals surface area contributed by atoms with E-state index in [0.29, 0.717) is 18.0 Å². The zero-order chi connectivity index (χ0) is 15.4. The summed E-state index contributed by atoms with van der Waals surface area (Å²) < 4.78 is 1.11. The lowest BCUT2D eigenvalue weighted by molar-refractivity contribution is 0.187. The second-order valence-corrected chi connectivity index (χ2v) is 7.73. The Morgan fingerprint density at radius 3 is 2.86 bits per heavy atom. The van der Waals surface area contributed by atoms with Crippen LogP contribution in [0.5, 0.6) is 0 Å². The Labute approximate surface area is 142 Å². The molecule has 1 aromatic carbocycles. The fraction of sp³-hybridized carbons (Fsp3) is 0.647. The molecule has 0 radical (unpaired) electrons. The third-order valence-electron chi connectivity index (χ3n) is 4.32. The van der Waals surface area contributed by atoms with Crippen molar-refractivity contribution in [2.75, 3.05) is 20.1 Å². The minimum absolute atomic E-state index is 0.392. The second-order valence-electron chi connectivity index (χ2n) is 6.41. The van der Waals surface area contributed by atoms with Crippen molar-refractivity contribution >= 4 is 27.5 Å². The van der Waals surface area contributed by atoms with E-state index in [0.717, 1.165) is 22.6 Å². The van der Waals surface area contributed by atoms with Crippen LogP contribution in [-0.2, 0) is 0 Å². The van der Waals surface area contributed by atoms with E-state index >= 15 is 0 Å². The van der Waals surface area contributed by atoms with Crippen LogP contribution in [0, 0.1) is 5.92 Å². The Morgan fingerprint density at radius 1 is 1.38 bits per heavy atom. The van der Waals surface area contributed by atoms with E-state index < -0.39 is 0 Å². The molecule has 1 heterocycles. The molecule has 2 rings (SSSR count). The SMILES string of the molecule is CC(C)NCC1CCCCN(C)C1c1cc(Br)ccc1Cl. The minimum Gasteiger partial charge on any atom is -0.314 e. The number of benzene rings is 1. The van der Waals surface area contributed by atoms with Crippen molar-refractivity contribution in [3.8, 4) is 0 Å². The van der Waals surface area contributed by atoms with Crippen LogP contribution in [0.15, 0.2) is 22.7 Å². The largest absolute Gasteiger partial charge is 0.314 e. The van der Waals surface area contributed by atoms with Crippen LogP contribution in [0.1, 0.15) is 44.7 Å². The lowest BCUT2D eigenvalue weighted by atomic mass is 9.89. The normalized spacial score (nSPS) is 24.3. The summed E-state index contributed by atoms with van der Waals surface area (Å²) in [4.78, 5) is 2.48. The van der Waals surface area contributed by atoms with E-state index in [1.807, 2.05) is 12.1 Å². The van der Waals surface area contributed by atoms with Gasteiger partial charge in [0.05, 0.1) is 0 Å². The molecule has 2 nitrogen and oxygen atoms in total. The zero-order valence-electron chi connectivity index (χ0n) is 13.2. The maximum atomic E-state index is 6.51. The summed E-state index contributed by atoms with van der Waals surface area (Å²) in [5.41, 5.74) is 1.26. The van der Waals surface area contributed by atoms with Crippen LogP contribution in [0.25, 0.3) is 0 Å². The van der Waals surface area contributed by atoms with Gasteiger partial charge in [0.15, 0.2) is 0 Å². The summed E-state index contributed by atoms with van der Waals surface area (Å²) in [6, 6.07) is 7.13. The van der Waals surface area contributed by atoms with Gasteiger partial charge in [-0.3, -0.25) is 4.90 Å². The van der Waals surface area contributed by atoms with Crippen molar-refractivity contribution < 1.29 is 0 Å². The number of rotatable bonds is 4. The van der Waals surface area contributed by atoms with Crippen LogP contribution in [0.3, 0.4) is 0 Å². The lowest BCUT2D eigenvalue weighted by Gasteiger charge is -2.34. The van der Waals surface area contributed by atoms with E-state index in [4.69, 9.17) is 11.6 Å². The molecule has 21 heavy (non-hydrogen) atoms. The van der Waals surface area contributed by atoms with Crippen molar-refractivity contribution in [2.45, 2.75) is 45.2 Å². The number of nitrogens with one attached hydrogen (secondary N) is 1. The third kappa shape index (κ3) is 4.69. The first-order chi connectivity index (χ1) is 9.99. The highest BCUT2D eigenvalue weighted by Gasteiger charge is 2.30. The fourth-order valence-electron chi connectivity index (χ4n) is 3.26. The highest BCUT2D eigenvalue weighted by molar-refractivity contribution is 9.10. The monoisotopic (exact) mass is 372 g/mol. The van der Waals surface area contributed by atoms with Gasteiger partial charge in [0.1, 0.15) is 0 Å². The maximum absolute atomic E-state index is 6.51. The topological polar surface area (TPSA) is 15.3 Å². The van der Waals surface area contributed by atoms with Gasteiger partial charge in [-0.05, 0) is 56.1 Å². The van der Waals surface area contributed by atoms with Crippen LogP contribution >= 0.6 is 27.5 Å². The molecule has 1 aromatic rings. The molecule has 1 aliphatic rings. The minimum atomic E-state index is 0.392. The van der Waals surface area contributed by atoms with Gasteiger partial charge in [-0.1, -0.05) is 47.8 Å². The van der Waals surface area contributed by atoms with Gasteiger partial charge in [-0.2, -0.15) is 0 Å². The summed E-state index contributed by atoms with van der Waals surface area (Å²) in [5, 5.41) is 4.50. The Hall–Kier alpha value is -0.0900. The van der Waals surface area contributed by atoms with Crippen molar-refractivity contribution in [3.05, 3.63) is 33.3 Å². The fourth-order valence-corrected chi connectivity index (χ4v) is 3.87. The van der Waals surface area contributed by atoms with Gasteiger partial charge >= 0.3 is 0 Å². The summed E-state index contributed by atoms with van der Waals surface area (Å²) in [6.07, 6.45) is 3.84. The molecule has 1 aliphatic heterocycles.